The van der Waals surface area contributed by atoms with Crippen molar-refractivity contribution in [3.63, 3.8) is 0 Å². The van der Waals surface area contributed by atoms with Gasteiger partial charge in [0.05, 0.1) is 13.2 Å². The Morgan fingerprint density at radius 2 is 1.74 bits per heavy atom. The van der Waals surface area contributed by atoms with Crippen molar-refractivity contribution in [1.29, 1.82) is 0 Å². The standard InChI is InChI=1S/C20H30O3/c1-3-5-6-7-8-9-10-13-17-14-11-12-15-18(17)20(16-23-20)19(21)22-4-2/h11-12,14-15H,3-10,13,16H2,1-2H3. The number of hydrogen-bond donors (Lipinski definition) is 0. The molecular weight excluding hydrogens is 288 g/mol. The van der Waals surface area contributed by atoms with Crippen molar-refractivity contribution in [1.82, 2.24) is 0 Å². The third-order valence-corrected chi connectivity index (χ3v) is 4.54. The molecule has 0 N–H and O–H groups in total. The monoisotopic (exact) mass is 318 g/mol. The molecule has 2 rings (SSSR count). The number of carbonyl (C=O) groups is 1. The molecule has 0 bridgehead atoms. The molecule has 1 saturated heterocycles. The average Bonchev–Trinajstić information content (AvgIpc) is 3.36. The molecule has 128 valence electrons. The van der Waals surface area contributed by atoms with E-state index in [-0.39, 0.29) is 5.97 Å². The number of rotatable bonds is 11. The van der Waals surface area contributed by atoms with Crippen LogP contribution in [0, 0.1) is 0 Å². The van der Waals surface area contributed by atoms with Crippen molar-refractivity contribution in [3.8, 4) is 0 Å². The normalized spacial score (nSPS) is 19.6. The van der Waals surface area contributed by atoms with E-state index in [0.29, 0.717) is 13.2 Å². The Kier molecular flexibility index (Phi) is 7.10. The first-order chi connectivity index (χ1) is 11.2. The fourth-order valence-corrected chi connectivity index (χ4v) is 3.11. The lowest BCUT2D eigenvalue weighted by molar-refractivity contribution is -0.149. The quantitative estimate of drug-likeness (QED) is 0.335. The van der Waals surface area contributed by atoms with Gasteiger partial charge < -0.3 is 9.47 Å². The summed E-state index contributed by atoms with van der Waals surface area (Å²) in [4.78, 5) is 12.2. The first-order valence-electron chi connectivity index (χ1n) is 9.14. The van der Waals surface area contributed by atoms with E-state index in [0.717, 1.165) is 12.0 Å². The molecule has 23 heavy (non-hydrogen) atoms. The van der Waals surface area contributed by atoms with E-state index in [2.05, 4.69) is 13.0 Å². The second kappa shape index (κ2) is 9.07. The highest BCUT2D eigenvalue weighted by molar-refractivity contribution is 5.84. The predicted molar refractivity (Wildman–Crippen MR) is 92.4 cm³/mol. The Bertz CT molecular complexity index is 491. The van der Waals surface area contributed by atoms with E-state index in [9.17, 15) is 4.79 Å². The molecular formula is C20H30O3. The molecule has 1 heterocycles. The number of aryl methyl sites for hydroxylation is 1. The van der Waals surface area contributed by atoms with Gasteiger partial charge in [0.1, 0.15) is 0 Å². The van der Waals surface area contributed by atoms with Crippen LogP contribution in [0.1, 0.15) is 69.9 Å². The molecule has 0 saturated carbocycles. The minimum absolute atomic E-state index is 0.244. The largest absolute Gasteiger partial charge is 0.464 e. The third-order valence-electron chi connectivity index (χ3n) is 4.54. The lowest BCUT2D eigenvalue weighted by atomic mass is 9.91. The van der Waals surface area contributed by atoms with Crippen LogP contribution in [0.25, 0.3) is 0 Å². The number of epoxide rings is 1. The maximum atomic E-state index is 12.2. The Morgan fingerprint density at radius 3 is 2.39 bits per heavy atom. The second-order valence-corrected chi connectivity index (χ2v) is 6.36. The number of carbonyl (C=O) groups excluding carboxylic acids is 1. The molecule has 0 spiro atoms. The lowest BCUT2D eigenvalue weighted by Crippen LogP contribution is -2.26. The third kappa shape index (κ3) is 4.81. The van der Waals surface area contributed by atoms with Crippen molar-refractivity contribution in [2.45, 2.75) is 70.8 Å². The fraction of sp³-hybridized carbons (Fsp3) is 0.650. The van der Waals surface area contributed by atoms with Crippen molar-refractivity contribution >= 4 is 5.97 Å². The number of esters is 1. The van der Waals surface area contributed by atoms with E-state index in [1.807, 2.05) is 25.1 Å². The van der Waals surface area contributed by atoms with Gasteiger partial charge in [-0.2, -0.15) is 0 Å². The van der Waals surface area contributed by atoms with Crippen molar-refractivity contribution in [2.24, 2.45) is 0 Å². The van der Waals surface area contributed by atoms with Gasteiger partial charge in [-0.3, -0.25) is 0 Å². The Labute approximate surface area is 140 Å². The zero-order valence-electron chi connectivity index (χ0n) is 14.6. The highest BCUT2D eigenvalue weighted by Gasteiger charge is 2.56. The molecule has 1 fully saturated rings. The minimum Gasteiger partial charge on any atom is -0.464 e. The summed E-state index contributed by atoms with van der Waals surface area (Å²) in [6.45, 7) is 4.92. The summed E-state index contributed by atoms with van der Waals surface area (Å²) in [6.07, 6.45) is 10.1. The molecule has 3 nitrogen and oxygen atoms in total. The average molecular weight is 318 g/mol. The predicted octanol–water partition coefficient (Wildman–Crippen LogP) is 4.77. The van der Waals surface area contributed by atoms with Gasteiger partial charge in [0.15, 0.2) is 0 Å². The minimum atomic E-state index is -0.826. The van der Waals surface area contributed by atoms with Gasteiger partial charge in [0.25, 0.3) is 0 Å². The molecule has 0 aliphatic carbocycles. The molecule has 0 radical (unpaired) electrons. The van der Waals surface area contributed by atoms with Crippen molar-refractivity contribution in [3.05, 3.63) is 35.4 Å². The van der Waals surface area contributed by atoms with Crippen LogP contribution >= 0.6 is 0 Å². The van der Waals surface area contributed by atoms with E-state index in [1.54, 1.807) is 0 Å². The van der Waals surface area contributed by atoms with Gasteiger partial charge in [0.2, 0.25) is 5.60 Å². The number of benzene rings is 1. The van der Waals surface area contributed by atoms with Crippen LogP contribution in [-0.2, 0) is 26.3 Å². The Hall–Kier alpha value is -1.35. The molecule has 1 aromatic rings. The van der Waals surface area contributed by atoms with Crippen LogP contribution < -0.4 is 0 Å². The summed E-state index contributed by atoms with van der Waals surface area (Å²) < 4.78 is 10.7. The van der Waals surface area contributed by atoms with Crippen LogP contribution in [0.3, 0.4) is 0 Å². The molecule has 1 atom stereocenters. The van der Waals surface area contributed by atoms with Gasteiger partial charge in [-0.1, -0.05) is 69.7 Å². The first kappa shape index (κ1) is 18.0. The maximum absolute atomic E-state index is 12.2. The summed E-state index contributed by atoms with van der Waals surface area (Å²) in [6, 6.07) is 8.16. The topological polar surface area (TPSA) is 38.8 Å². The molecule has 1 aliphatic heterocycles. The van der Waals surface area contributed by atoms with Crippen LogP contribution in [0.2, 0.25) is 0 Å². The van der Waals surface area contributed by atoms with Gasteiger partial charge >= 0.3 is 5.97 Å². The van der Waals surface area contributed by atoms with Crippen LogP contribution in [0.15, 0.2) is 24.3 Å². The number of hydrogen-bond acceptors (Lipinski definition) is 3. The number of unbranched alkanes of at least 4 members (excludes halogenated alkanes) is 6. The smallest absolute Gasteiger partial charge is 0.345 e. The summed E-state index contributed by atoms with van der Waals surface area (Å²) in [5.74, 6) is -0.244. The SMILES string of the molecule is CCCCCCCCCc1ccccc1C1(C(=O)OCC)CO1. The number of ether oxygens (including phenoxy) is 2. The van der Waals surface area contributed by atoms with E-state index in [4.69, 9.17) is 9.47 Å². The summed E-state index contributed by atoms with van der Waals surface area (Å²) in [7, 11) is 0. The van der Waals surface area contributed by atoms with Crippen LogP contribution in [0.5, 0.6) is 0 Å². The fourth-order valence-electron chi connectivity index (χ4n) is 3.11. The van der Waals surface area contributed by atoms with Gasteiger partial charge in [-0.05, 0) is 25.3 Å². The molecule has 1 aromatic carbocycles. The second-order valence-electron chi connectivity index (χ2n) is 6.36. The van der Waals surface area contributed by atoms with Crippen molar-refractivity contribution < 1.29 is 14.3 Å². The summed E-state index contributed by atoms with van der Waals surface area (Å²) in [5.41, 5.74) is 1.41. The molecule has 0 amide bonds. The highest BCUT2D eigenvalue weighted by atomic mass is 16.6. The van der Waals surface area contributed by atoms with E-state index >= 15 is 0 Å². The lowest BCUT2D eigenvalue weighted by Gasteiger charge is -2.15. The highest BCUT2D eigenvalue weighted by Crippen LogP contribution is 2.42. The van der Waals surface area contributed by atoms with Gasteiger partial charge in [-0.15, -0.1) is 0 Å². The zero-order valence-corrected chi connectivity index (χ0v) is 14.6. The summed E-state index contributed by atoms with van der Waals surface area (Å²) >= 11 is 0. The molecule has 3 heteroatoms. The van der Waals surface area contributed by atoms with Crippen LogP contribution in [0.4, 0.5) is 0 Å². The zero-order chi connectivity index (χ0) is 16.5. The molecule has 1 aliphatic rings. The Balaban J connectivity index is 1.87. The van der Waals surface area contributed by atoms with Gasteiger partial charge in [-0.25, -0.2) is 4.79 Å². The summed E-state index contributed by atoms with van der Waals surface area (Å²) in [5, 5.41) is 0. The van der Waals surface area contributed by atoms with Crippen molar-refractivity contribution in [2.75, 3.05) is 13.2 Å². The maximum Gasteiger partial charge on any atom is 0.345 e. The van der Waals surface area contributed by atoms with E-state index in [1.165, 1.54) is 50.5 Å². The molecule has 1 unspecified atom stereocenters. The van der Waals surface area contributed by atoms with Gasteiger partial charge in [0, 0.05) is 5.56 Å². The van der Waals surface area contributed by atoms with E-state index < -0.39 is 5.60 Å². The van der Waals surface area contributed by atoms with Crippen LogP contribution in [-0.4, -0.2) is 19.2 Å². The molecule has 0 aromatic heterocycles. The first-order valence-corrected chi connectivity index (χ1v) is 9.14. The Morgan fingerprint density at radius 1 is 1.09 bits per heavy atom.